The van der Waals surface area contributed by atoms with Crippen LogP contribution in [0.25, 0.3) is 16.9 Å². The number of aromatic nitrogens is 5. The van der Waals surface area contributed by atoms with Gasteiger partial charge in [0.2, 0.25) is 0 Å². The van der Waals surface area contributed by atoms with Crippen molar-refractivity contribution in [3.05, 3.63) is 103 Å². The maximum atomic E-state index is 12.5. The van der Waals surface area contributed by atoms with E-state index >= 15 is 0 Å². The Hall–Kier alpha value is -4.59. The Morgan fingerprint density at radius 1 is 0.970 bits per heavy atom. The molecule has 5 aromatic rings. The van der Waals surface area contributed by atoms with Gasteiger partial charge in [-0.15, -0.1) is 0 Å². The molecule has 0 bridgehead atoms. The number of hydrogen-bond acceptors (Lipinski definition) is 6. The predicted octanol–water partition coefficient (Wildman–Crippen LogP) is 4.64. The van der Waals surface area contributed by atoms with E-state index in [1.54, 1.807) is 37.1 Å². The Morgan fingerprint density at radius 2 is 1.85 bits per heavy atom. The fourth-order valence-corrected chi connectivity index (χ4v) is 3.56. The highest BCUT2D eigenvalue weighted by Gasteiger charge is 2.12. The summed E-state index contributed by atoms with van der Waals surface area (Å²) in [4.78, 5) is 30.0. The zero-order chi connectivity index (χ0) is 22.6. The van der Waals surface area contributed by atoms with Crippen LogP contribution in [-0.4, -0.2) is 30.4 Å². The number of hydrogen-bond donors (Lipinski definition) is 2. The van der Waals surface area contributed by atoms with E-state index in [0.29, 0.717) is 22.9 Å². The van der Waals surface area contributed by atoms with E-state index in [1.807, 2.05) is 41.0 Å². The molecule has 3 aromatic heterocycles. The molecule has 1 atom stereocenters. The third kappa shape index (κ3) is 4.40. The average Bonchev–Trinajstić information content (AvgIpc) is 3.28. The van der Waals surface area contributed by atoms with Gasteiger partial charge in [-0.3, -0.25) is 19.3 Å². The zero-order valence-corrected chi connectivity index (χ0v) is 17.9. The van der Waals surface area contributed by atoms with Crippen LogP contribution in [0.3, 0.4) is 0 Å². The van der Waals surface area contributed by atoms with Gasteiger partial charge >= 0.3 is 0 Å². The third-order valence-electron chi connectivity index (χ3n) is 5.26. The first-order valence-electron chi connectivity index (χ1n) is 10.5. The second-order valence-corrected chi connectivity index (χ2v) is 7.55. The second-order valence-electron chi connectivity index (χ2n) is 7.55. The predicted molar refractivity (Wildman–Crippen MR) is 127 cm³/mol. The van der Waals surface area contributed by atoms with Gasteiger partial charge in [-0.2, -0.15) is 0 Å². The summed E-state index contributed by atoms with van der Waals surface area (Å²) in [5.41, 5.74) is 3.89. The summed E-state index contributed by atoms with van der Waals surface area (Å²) in [5, 5.41) is 6.30. The van der Waals surface area contributed by atoms with Crippen molar-refractivity contribution in [3.63, 3.8) is 0 Å². The van der Waals surface area contributed by atoms with Crippen molar-refractivity contribution in [2.24, 2.45) is 0 Å². The molecular formula is C25H21N7O. The number of nitrogens with zero attached hydrogens (tertiary/aromatic N) is 5. The highest BCUT2D eigenvalue weighted by atomic mass is 16.1. The van der Waals surface area contributed by atoms with Crippen LogP contribution in [0, 0.1) is 0 Å². The molecule has 0 unspecified atom stereocenters. The lowest BCUT2D eigenvalue weighted by molar-refractivity contribution is 0.102. The van der Waals surface area contributed by atoms with Gasteiger partial charge in [0.05, 0.1) is 29.0 Å². The van der Waals surface area contributed by atoms with E-state index in [0.717, 1.165) is 16.6 Å². The molecule has 0 fully saturated rings. The number of pyridine rings is 1. The van der Waals surface area contributed by atoms with E-state index in [2.05, 4.69) is 44.6 Å². The molecule has 0 aliphatic rings. The van der Waals surface area contributed by atoms with Gasteiger partial charge < -0.3 is 10.6 Å². The highest BCUT2D eigenvalue weighted by Crippen LogP contribution is 2.23. The van der Waals surface area contributed by atoms with Crippen molar-refractivity contribution < 1.29 is 4.79 Å². The van der Waals surface area contributed by atoms with Crippen LogP contribution < -0.4 is 10.6 Å². The van der Waals surface area contributed by atoms with Gasteiger partial charge in [-0.05, 0) is 42.8 Å². The molecule has 1 amide bonds. The minimum Gasteiger partial charge on any atom is -0.362 e. The number of imidazole rings is 1. The van der Waals surface area contributed by atoms with Crippen molar-refractivity contribution in [1.82, 2.24) is 24.5 Å². The van der Waals surface area contributed by atoms with Crippen molar-refractivity contribution in [2.45, 2.75) is 13.0 Å². The van der Waals surface area contributed by atoms with Crippen molar-refractivity contribution in [1.29, 1.82) is 0 Å². The van der Waals surface area contributed by atoms with E-state index < -0.39 is 0 Å². The summed E-state index contributed by atoms with van der Waals surface area (Å²) >= 11 is 0. The number of amides is 1. The Kier molecular flexibility index (Phi) is 5.47. The second kappa shape index (κ2) is 8.88. The lowest BCUT2D eigenvalue weighted by Gasteiger charge is -2.15. The van der Waals surface area contributed by atoms with Crippen LogP contribution >= 0.6 is 0 Å². The molecule has 2 N–H and O–H groups in total. The van der Waals surface area contributed by atoms with Gasteiger partial charge in [-0.1, -0.05) is 30.3 Å². The van der Waals surface area contributed by atoms with E-state index in [4.69, 9.17) is 4.98 Å². The number of fused-ring (bicyclic) bond motifs is 1. The molecule has 0 saturated carbocycles. The fourth-order valence-electron chi connectivity index (χ4n) is 3.56. The van der Waals surface area contributed by atoms with Crippen molar-refractivity contribution in [2.75, 3.05) is 10.6 Å². The molecule has 5 rings (SSSR count). The highest BCUT2D eigenvalue weighted by molar-refractivity contribution is 6.04. The SMILES string of the molecule is C[C@H](Nc1cncc(-n2cnc3ccc(NC(=O)c4cccnc4)cc32)n1)c1ccccc1. The summed E-state index contributed by atoms with van der Waals surface area (Å²) in [5.74, 6) is 1.06. The molecule has 0 spiro atoms. The smallest absolute Gasteiger partial charge is 0.257 e. The third-order valence-corrected chi connectivity index (χ3v) is 5.26. The van der Waals surface area contributed by atoms with Crippen molar-refractivity contribution in [3.8, 4) is 5.82 Å². The fraction of sp³-hybridized carbons (Fsp3) is 0.0800. The van der Waals surface area contributed by atoms with E-state index in [9.17, 15) is 4.79 Å². The van der Waals surface area contributed by atoms with Gasteiger partial charge in [0.25, 0.3) is 5.91 Å². The van der Waals surface area contributed by atoms with E-state index in [1.165, 1.54) is 6.20 Å². The van der Waals surface area contributed by atoms with Gasteiger partial charge in [0.1, 0.15) is 12.1 Å². The van der Waals surface area contributed by atoms with Gasteiger partial charge in [0, 0.05) is 24.1 Å². The summed E-state index contributed by atoms with van der Waals surface area (Å²) in [6, 6.07) is 19.2. The van der Waals surface area contributed by atoms with Crippen LogP contribution in [0.4, 0.5) is 11.5 Å². The Morgan fingerprint density at radius 3 is 2.67 bits per heavy atom. The summed E-state index contributed by atoms with van der Waals surface area (Å²) in [7, 11) is 0. The van der Waals surface area contributed by atoms with Crippen LogP contribution in [0.1, 0.15) is 28.9 Å². The first kappa shape index (κ1) is 20.3. The van der Waals surface area contributed by atoms with Crippen molar-refractivity contribution >= 4 is 28.4 Å². The number of nitrogens with one attached hydrogen (secondary N) is 2. The molecule has 8 heteroatoms. The van der Waals surface area contributed by atoms with Gasteiger partial charge in [-0.25, -0.2) is 9.97 Å². The topological polar surface area (TPSA) is 97.6 Å². The molecule has 162 valence electrons. The zero-order valence-electron chi connectivity index (χ0n) is 17.9. The quantitative estimate of drug-likeness (QED) is 0.403. The van der Waals surface area contributed by atoms with Gasteiger partial charge in [0.15, 0.2) is 5.82 Å². The van der Waals surface area contributed by atoms with E-state index in [-0.39, 0.29) is 11.9 Å². The Bertz CT molecular complexity index is 1400. The number of carbonyl (C=O) groups excluding carboxylic acids is 1. The van der Waals surface area contributed by atoms with Crippen LogP contribution in [0.2, 0.25) is 0 Å². The largest absolute Gasteiger partial charge is 0.362 e. The molecule has 2 aromatic carbocycles. The summed E-state index contributed by atoms with van der Waals surface area (Å²) in [6.45, 7) is 2.08. The molecule has 0 saturated heterocycles. The molecule has 0 aliphatic heterocycles. The minimum absolute atomic E-state index is 0.0737. The van der Waals surface area contributed by atoms with Crippen LogP contribution in [0.15, 0.2) is 91.8 Å². The molecule has 8 nitrogen and oxygen atoms in total. The standard InChI is InChI=1S/C25H21N7O/c1-17(18-6-3-2-4-7-18)29-23-14-27-15-24(31-23)32-16-28-21-10-9-20(12-22(21)32)30-25(33)19-8-5-11-26-13-19/h2-17H,1H3,(H,29,31)(H,30,33)/t17-/m0/s1. The first-order chi connectivity index (χ1) is 16.2. The maximum absolute atomic E-state index is 12.5. The molecular weight excluding hydrogens is 414 g/mol. The summed E-state index contributed by atoms with van der Waals surface area (Å²) < 4.78 is 1.85. The number of carbonyl (C=O) groups is 1. The first-order valence-corrected chi connectivity index (χ1v) is 10.5. The van der Waals surface area contributed by atoms with Crippen LogP contribution in [-0.2, 0) is 0 Å². The average molecular weight is 435 g/mol. The van der Waals surface area contributed by atoms with Crippen LogP contribution in [0.5, 0.6) is 0 Å². The lowest BCUT2D eigenvalue weighted by Crippen LogP contribution is -2.12. The monoisotopic (exact) mass is 435 g/mol. The Labute approximate surface area is 190 Å². The minimum atomic E-state index is -0.227. The summed E-state index contributed by atoms with van der Waals surface area (Å²) in [6.07, 6.45) is 8.24. The number of anilines is 2. The maximum Gasteiger partial charge on any atom is 0.257 e. The lowest BCUT2D eigenvalue weighted by atomic mass is 10.1. The Balaban J connectivity index is 1.41. The molecule has 0 radical (unpaired) electrons. The normalized spacial score (nSPS) is 11.8. The number of benzene rings is 2. The molecule has 33 heavy (non-hydrogen) atoms. The molecule has 0 aliphatic carbocycles. The molecule has 3 heterocycles. The number of rotatable bonds is 6.